The highest BCUT2D eigenvalue weighted by Gasteiger charge is 2.12. The van der Waals surface area contributed by atoms with Crippen LogP contribution >= 0.6 is 8.60 Å². The SMILES string of the molecule is CCCCCCCCCCCCCOP(OCCCCCCCCCCCCC)OCCCCCCCCCCCCC. The predicted octanol–water partition coefficient (Wildman–Crippen LogP) is 15.2. The van der Waals surface area contributed by atoms with E-state index < -0.39 is 8.60 Å². The molecule has 260 valence electrons. The van der Waals surface area contributed by atoms with Crippen molar-refractivity contribution < 1.29 is 13.6 Å². The molecule has 0 aliphatic rings. The second-order valence-electron chi connectivity index (χ2n) is 13.3. The fourth-order valence-electron chi connectivity index (χ4n) is 5.83. The third kappa shape index (κ3) is 38.4. The van der Waals surface area contributed by atoms with Gasteiger partial charge in [0.25, 0.3) is 0 Å². The molecule has 0 aromatic heterocycles. The van der Waals surface area contributed by atoms with E-state index in [0.29, 0.717) is 0 Å². The van der Waals surface area contributed by atoms with Gasteiger partial charge < -0.3 is 13.6 Å². The van der Waals surface area contributed by atoms with E-state index in [0.717, 1.165) is 39.1 Å². The second-order valence-corrected chi connectivity index (χ2v) is 14.6. The average Bonchev–Trinajstić information content (AvgIpc) is 3.02. The number of rotatable bonds is 39. The van der Waals surface area contributed by atoms with Crippen molar-refractivity contribution in [2.75, 3.05) is 19.8 Å². The summed E-state index contributed by atoms with van der Waals surface area (Å²) in [6.07, 6.45) is 45.1. The zero-order valence-corrected chi connectivity index (χ0v) is 31.0. The van der Waals surface area contributed by atoms with E-state index in [1.54, 1.807) is 0 Å². The monoisotopic (exact) mass is 629 g/mol. The van der Waals surface area contributed by atoms with Gasteiger partial charge in [-0.05, 0) is 19.3 Å². The van der Waals surface area contributed by atoms with E-state index in [4.69, 9.17) is 13.6 Å². The first-order valence-electron chi connectivity index (χ1n) is 20.0. The van der Waals surface area contributed by atoms with E-state index in [1.165, 1.54) is 193 Å². The Labute approximate surface area is 274 Å². The first-order valence-corrected chi connectivity index (χ1v) is 21.1. The second kappa shape index (κ2) is 40.3. The van der Waals surface area contributed by atoms with Crippen LogP contribution in [0.2, 0.25) is 0 Å². The summed E-state index contributed by atoms with van der Waals surface area (Å²) in [5.41, 5.74) is 0. The molecule has 0 atom stereocenters. The summed E-state index contributed by atoms with van der Waals surface area (Å²) in [6.45, 7) is 9.26. The van der Waals surface area contributed by atoms with Gasteiger partial charge >= 0.3 is 8.60 Å². The van der Waals surface area contributed by atoms with Crippen LogP contribution in [0.4, 0.5) is 0 Å². The molecule has 0 aliphatic heterocycles. The molecule has 0 saturated carbocycles. The summed E-state index contributed by atoms with van der Waals surface area (Å²) in [6, 6.07) is 0. The number of hydrogen-bond acceptors (Lipinski definition) is 3. The minimum atomic E-state index is -1.17. The molecule has 0 N–H and O–H groups in total. The molecule has 0 saturated heterocycles. The van der Waals surface area contributed by atoms with E-state index in [2.05, 4.69) is 20.8 Å². The van der Waals surface area contributed by atoms with Crippen molar-refractivity contribution in [1.29, 1.82) is 0 Å². The first kappa shape index (κ1) is 43.3. The normalized spacial score (nSPS) is 11.7. The zero-order chi connectivity index (χ0) is 31.2. The molecule has 0 aromatic rings. The van der Waals surface area contributed by atoms with Crippen LogP contribution in [0.15, 0.2) is 0 Å². The van der Waals surface area contributed by atoms with E-state index in [-0.39, 0.29) is 0 Å². The fourth-order valence-corrected chi connectivity index (χ4v) is 6.89. The van der Waals surface area contributed by atoms with Crippen LogP contribution in [0.1, 0.15) is 233 Å². The van der Waals surface area contributed by atoms with Gasteiger partial charge in [0.2, 0.25) is 0 Å². The predicted molar refractivity (Wildman–Crippen MR) is 194 cm³/mol. The van der Waals surface area contributed by atoms with Gasteiger partial charge in [-0.15, -0.1) is 0 Å². The molecule has 0 aromatic carbocycles. The van der Waals surface area contributed by atoms with E-state index in [9.17, 15) is 0 Å². The van der Waals surface area contributed by atoms with Crippen LogP contribution in [0.3, 0.4) is 0 Å². The Hall–Kier alpha value is 0.310. The lowest BCUT2D eigenvalue weighted by atomic mass is 10.1. The third-order valence-corrected chi connectivity index (χ3v) is 10.0. The Bertz CT molecular complexity index is 409. The minimum Gasteiger partial charge on any atom is -0.312 e. The van der Waals surface area contributed by atoms with Gasteiger partial charge in [-0.25, -0.2) is 0 Å². The molecule has 0 aliphatic carbocycles. The maximum atomic E-state index is 6.14. The molecular weight excluding hydrogens is 547 g/mol. The van der Waals surface area contributed by atoms with Gasteiger partial charge in [-0.2, -0.15) is 0 Å². The Balaban J connectivity index is 3.90. The molecule has 0 amide bonds. The molecule has 0 unspecified atom stereocenters. The summed E-state index contributed by atoms with van der Waals surface area (Å²) in [5, 5.41) is 0. The first-order chi connectivity index (χ1) is 21.3. The fraction of sp³-hybridized carbons (Fsp3) is 1.00. The summed E-state index contributed by atoms with van der Waals surface area (Å²) in [5.74, 6) is 0. The Kier molecular flexibility index (Phi) is 40.6. The van der Waals surface area contributed by atoms with Gasteiger partial charge in [0.1, 0.15) is 0 Å². The molecule has 0 rings (SSSR count). The summed E-state index contributed by atoms with van der Waals surface area (Å²) in [4.78, 5) is 0. The van der Waals surface area contributed by atoms with E-state index in [1.807, 2.05) is 0 Å². The molecule has 0 heterocycles. The van der Waals surface area contributed by atoms with Crippen LogP contribution in [0.25, 0.3) is 0 Å². The van der Waals surface area contributed by atoms with Crippen molar-refractivity contribution in [2.24, 2.45) is 0 Å². The van der Waals surface area contributed by atoms with Gasteiger partial charge in [0.15, 0.2) is 0 Å². The number of unbranched alkanes of at least 4 members (excludes halogenated alkanes) is 30. The van der Waals surface area contributed by atoms with Crippen LogP contribution in [0, 0.1) is 0 Å². The highest BCUT2D eigenvalue weighted by atomic mass is 31.2. The van der Waals surface area contributed by atoms with Crippen molar-refractivity contribution in [2.45, 2.75) is 233 Å². The van der Waals surface area contributed by atoms with Crippen LogP contribution in [-0.2, 0) is 13.6 Å². The summed E-state index contributed by atoms with van der Waals surface area (Å²) >= 11 is 0. The van der Waals surface area contributed by atoms with Gasteiger partial charge in [0.05, 0.1) is 19.8 Å². The third-order valence-electron chi connectivity index (χ3n) is 8.83. The molecule has 0 spiro atoms. The van der Waals surface area contributed by atoms with Crippen molar-refractivity contribution >= 4 is 8.60 Å². The molecule has 0 bridgehead atoms. The van der Waals surface area contributed by atoms with Crippen molar-refractivity contribution in [3.8, 4) is 0 Å². The topological polar surface area (TPSA) is 27.7 Å². The molecule has 0 radical (unpaired) electrons. The molecular formula is C39H81O3P. The highest BCUT2D eigenvalue weighted by molar-refractivity contribution is 7.41. The highest BCUT2D eigenvalue weighted by Crippen LogP contribution is 2.40. The quantitative estimate of drug-likeness (QED) is 0.0501. The Morgan fingerprint density at radius 1 is 0.233 bits per heavy atom. The molecule has 4 heteroatoms. The zero-order valence-electron chi connectivity index (χ0n) is 30.1. The maximum absolute atomic E-state index is 6.14. The standard InChI is InChI=1S/C39H81O3P/c1-4-7-10-13-16-19-22-25-28-31-34-37-40-43(41-38-35-32-29-26-23-20-17-14-11-8-5-2)42-39-36-33-30-27-24-21-18-15-12-9-6-3/h4-39H2,1-3H3. The van der Waals surface area contributed by atoms with Crippen molar-refractivity contribution in [3.63, 3.8) is 0 Å². The maximum Gasteiger partial charge on any atom is 0.332 e. The summed E-state index contributed by atoms with van der Waals surface area (Å²) in [7, 11) is -1.17. The Morgan fingerprint density at radius 2 is 0.395 bits per heavy atom. The lowest BCUT2D eigenvalue weighted by Gasteiger charge is -2.17. The lowest BCUT2D eigenvalue weighted by Crippen LogP contribution is -2.00. The molecule has 0 fully saturated rings. The van der Waals surface area contributed by atoms with Crippen LogP contribution in [0.5, 0.6) is 0 Å². The lowest BCUT2D eigenvalue weighted by molar-refractivity contribution is 0.153. The van der Waals surface area contributed by atoms with Gasteiger partial charge in [-0.1, -0.05) is 213 Å². The van der Waals surface area contributed by atoms with Crippen molar-refractivity contribution in [1.82, 2.24) is 0 Å². The molecule has 43 heavy (non-hydrogen) atoms. The van der Waals surface area contributed by atoms with Crippen LogP contribution in [-0.4, -0.2) is 19.8 Å². The smallest absolute Gasteiger partial charge is 0.312 e. The van der Waals surface area contributed by atoms with E-state index >= 15 is 0 Å². The average molecular weight is 629 g/mol. The molecule has 3 nitrogen and oxygen atoms in total. The summed E-state index contributed by atoms with van der Waals surface area (Å²) < 4.78 is 18.4. The van der Waals surface area contributed by atoms with Gasteiger partial charge in [0, 0.05) is 0 Å². The number of hydrogen-bond donors (Lipinski definition) is 0. The Morgan fingerprint density at radius 3 is 0.581 bits per heavy atom. The minimum absolute atomic E-state index is 0.791. The largest absolute Gasteiger partial charge is 0.332 e. The van der Waals surface area contributed by atoms with Crippen LogP contribution < -0.4 is 0 Å². The van der Waals surface area contributed by atoms with Crippen molar-refractivity contribution in [3.05, 3.63) is 0 Å². The van der Waals surface area contributed by atoms with Gasteiger partial charge in [-0.3, -0.25) is 0 Å².